The molecular formula is C22H26N4O2S2. The molecule has 0 atom stereocenters. The fourth-order valence-electron chi connectivity index (χ4n) is 3.52. The first-order chi connectivity index (χ1) is 14.3. The SMILES string of the molecule is CC(C)(O)c1ncc(SN)s1.NC(=O)Cc1c(-c2ccncc2)ccc2c1CCC2. The van der Waals surface area contributed by atoms with E-state index >= 15 is 0 Å². The average Bonchev–Trinajstić information content (AvgIpc) is 3.38. The predicted molar refractivity (Wildman–Crippen MR) is 122 cm³/mol. The van der Waals surface area contributed by atoms with Crippen molar-refractivity contribution in [1.29, 1.82) is 0 Å². The Labute approximate surface area is 184 Å². The molecule has 1 aromatic carbocycles. The molecule has 2 heterocycles. The average molecular weight is 443 g/mol. The largest absolute Gasteiger partial charge is 0.383 e. The Bertz CT molecular complexity index is 1010. The number of carbonyl (C=O) groups is 1. The van der Waals surface area contributed by atoms with Gasteiger partial charge in [-0.2, -0.15) is 0 Å². The Morgan fingerprint density at radius 2 is 1.97 bits per heavy atom. The van der Waals surface area contributed by atoms with Gasteiger partial charge in [-0.25, -0.2) is 4.98 Å². The number of thiazole rings is 1. The molecule has 0 unspecified atom stereocenters. The molecule has 1 amide bonds. The highest BCUT2D eigenvalue weighted by molar-refractivity contribution is 7.99. The number of pyridine rings is 1. The molecule has 1 aliphatic rings. The van der Waals surface area contributed by atoms with Crippen molar-refractivity contribution in [1.82, 2.24) is 9.97 Å². The molecule has 8 heteroatoms. The van der Waals surface area contributed by atoms with Crippen molar-refractivity contribution in [3.8, 4) is 11.1 Å². The number of carbonyl (C=O) groups excluding carboxylic acids is 1. The second kappa shape index (κ2) is 9.70. The van der Waals surface area contributed by atoms with E-state index in [1.165, 1.54) is 28.9 Å². The van der Waals surface area contributed by atoms with Gasteiger partial charge in [-0.3, -0.25) is 14.9 Å². The van der Waals surface area contributed by atoms with Gasteiger partial charge in [0.2, 0.25) is 5.91 Å². The van der Waals surface area contributed by atoms with Crippen LogP contribution >= 0.6 is 23.3 Å². The minimum atomic E-state index is -0.849. The van der Waals surface area contributed by atoms with Gasteiger partial charge in [-0.15, -0.1) is 11.3 Å². The van der Waals surface area contributed by atoms with Crippen LogP contribution in [0.1, 0.15) is 42.0 Å². The van der Waals surface area contributed by atoms with Gasteiger partial charge in [0.05, 0.1) is 16.8 Å². The van der Waals surface area contributed by atoms with Crippen molar-refractivity contribution in [2.75, 3.05) is 0 Å². The normalized spacial score (nSPS) is 12.8. The zero-order chi connectivity index (χ0) is 21.7. The minimum absolute atomic E-state index is 0.268. The van der Waals surface area contributed by atoms with E-state index in [4.69, 9.17) is 10.9 Å². The van der Waals surface area contributed by atoms with Gasteiger partial charge >= 0.3 is 0 Å². The molecule has 0 saturated carbocycles. The summed E-state index contributed by atoms with van der Waals surface area (Å²) in [6.07, 6.45) is 8.87. The third-order valence-electron chi connectivity index (χ3n) is 4.87. The molecule has 4 rings (SSSR count). The van der Waals surface area contributed by atoms with Crippen molar-refractivity contribution in [3.05, 3.63) is 64.6 Å². The maximum Gasteiger partial charge on any atom is 0.221 e. The van der Waals surface area contributed by atoms with Crippen LogP contribution in [-0.4, -0.2) is 21.0 Å². The molecule has 30 heavy (non-hydrogen) atoms. The summed E-state index contributed by atoms with van der Waals surface area (Å²) in [5.41, 5.74) is 10.6. The summed E-state index contributed by atoms with van der Waals surface area (Å²) in [6, 6.07) is 8.24. The number of aromatic nitrogens is 2. The number of hydrogen-bond acceptors (Lipinski definition) is 7. The van der Waals surface area contributed by atoms with Gasteiger partial charge in [0.1, 0.15) is 10.6 Å². The molecule has 3 aromatic rings. The summed E-state index contributed by atoms with van der Waals surface area (Å²) >= 11 is 2.57. The fourth-order valence-corrected chi connectivity index (χ4v) is 4.71. The molecule has 0 radical (unpaired) electrons. The molecule has 2 aromatic heterocycles. The first-order valence-corrected chi connectivity index (χ1v) is 11.4. The third kappa shape index (κ3) is 5.46. The van der Waals surface area contributed by atoms with Gasteiger partial charge in [0.15, 0.2) is 0 Å². The lowest BCUT2D eigenvalue weighted by atomic mass is 9.91. The van der Waals surface area contributed by atoms with E-state index in [0.717, 1.165) is 45.7 Å². The minimum Gasteiger partial charge on any atom is -0.383 e. The number of nitrogens with two attached hydrogens (primary N) is 2. The molecule has 0 spiro atoms. The highest BCUT2D eigenvalue weighted by Gasteiger charge is 2.20. The quantitative estimate of drug-likeness (QED) is 0.520. The number of rotatable bonds is 5. The third-order valence-corrected chi connectivity index (χ3v) is 6.85. The number of fused-ring (bicyclic) bond motifs is 1. The Morgan fingerprint density at radius 1 is 1.23 bits per heavy atom. The number of nitrogens with zero attached hydrogens (tertiary/aromatic N) is 2. The maximum absolute atomic E-state index is 11.4. The maximum atomic E-state index is 11.4. The van der Waals surface area contributed by atoms with E-state index in [-0.39, 0.29) is 5.91 Å². The molecule has 1 aliphatic carbocycles. The van der Waals surface area contributed by atoms with Crippen molar-refractivity contribution in [3.63, 3.8) is 0 Å². The fraction of sp³-hybridized carbons (Fsp3) is 0.318. The van der Waals surface area contributed by atoms with Crippen LogP contribution in [0.15, 0.2) is 47.1 Å². The van der Waals surface area contributed by atoms with E-state index in [2.05, 4.69) is 22.1 Å². The van der Waals surface area contributed by atoms with E-state index in [0.29, 0.717) is 11.4 Å². The summed E-state index contributed by atoms with van der Waals surface area (Å²) in [5.74, 6) is -0.268. The standard InChI is InChI=1S/C16H16N2O.C6H10N2OS2/c17-16(19)10-15-13-3-1-2-11(13)4-5-14(15)12-6-8-18-9-7-12;1-6(2,9)5-8-3-4(10-5)11-7/h4-9H,1-3,10H2,(H2,17,19);3,9H,7H2,1-2H3. The topological polar surface area (TPSA) is 115 Å². The molecule has 158 valence electrons. The van der Waals surface area contributed by atoms with Crippen molar-refractivity contribution in [2.45, 2.75) is 49.3 Å². The van der Waals surface area contributed by atoms with Gasteiger partial charge < -0.3 is 10.8 Å². The molecule has 5 N–H and O–H groups in total. The van der Waals surface area contributed by atoms with Gasteiger partial charge in [-0.05, 0) is 85.0 Å². The zero-order valence-electron chi connectivity index (χ0n) is 17.1. The number of aliphatic hydroxyl groups is 1. The molecule has 0 bridgehead atoms. The summed E-state index contributed by atoms with van der Waals surface area (Å²) in [5, 5.41) is 15.5. The lowest BCUT2D eigenvalue weighted by Crippen LogP contribution is -2.15. The highest BCUT2D eigenvalue weighted by Crippen LogP contribution is 2.33. The van der Waals surface area contributed by atoms with E-state index in [1.54, 1.807) is 32.4 Å². The lowest BCUT2D eigenvalue weighted by molar-refractivity contribution is -0.117. The monoisotopic (exact) mass is 442 g/mol. The lowest BCUT2D eigenvalue weighted by Gasteiger charge is -2.13. The van der Waals surface area contributed by atoms with Crippen molar-refractivity contribution in [2.24, 2.45) is 10.9 Å². The Morgan fingerprint density at radius 3 is 2.53 bits per heavy atom. The van der Waals surface area contributed by atoms with Crippen molar-refractivity contribution >= 4 is 29.2 Å². The van der Waals surface area contributed by atoms with Gasteiger partial charge in [-0.1, -0.05) is 12.1 Å². The van der Waals surface area contributed by atoms with Crippen LogP contribution in [0.25, 0.3) is 11.1 Å². The molecule has 6 nitrogen and oxygen atoms in total. The summed E-state index contributed by atoms with van der Waals surface area (Å²) in [7, 11) is 0. The van der Waals surface area contributed by atoms with E-state index < -0.39 is 5.60 Å². The summed E-state index contributed by atoms with van der Waals surface area (Å²) in [6.45, 7) is 3.41. The van der Waals surface area contributed by atoms with Gasteiger partial charge in [0.25, 0.3) is 0 Å². The van der Waals surface area contributed by atoms with Crippen LogP contribution in [0.2, 0.25) is 0 Å². The first-order valence-electron chi connectivity index (χ1n) is 9.67. The van der Waals surface area contributed by atoms with Crippen LogP contribution in [0.4, 0.5) is 0 Å². The number of primary amides is 1. The molecule has 0 aliphatic heterocycles. The first kappa shape index (κ1) is 22.4. The predicted octanol–water partition coefficient (Wildman–Crippen LogP) is 3.60. The second-order valence-electron chi connectivity index (χ2n) is 7.62. The Balaban J connectivity index is 0.000000199. The molecular weight excluding hydrogens is 416 g/mol. The van der Waals surface area contributed by atoms with Gasteiger partial charge in [0, 0.05) is 12.4 Å². The highest BCUT2D eigenvalue weighted by atomic mass is 32.2. The van der Waals surface area contributed by atoms with Crippen LogP contribution in [-0.2, 0) is 29.7 Å². The van der Waals surface area contributed by atoms with Crippen LogP contribution in [0.3, 0.4) is 0 Å². The summed E-state index contributed by atoms with van der Waals surface area (Å²) < 4.78 is 0.919. The molecule has 0 fully saturated rings. The number of amides is 1. The Hall–Kier alpha value is -2.26. The number of benzene rings is 1. The van der Waals surface area contributed by atoms with E-state index in [1.807, 2.05) is 12.1 Å². The van der Waals surface area contributed by atoms with Crippen molar-refractivity contribution < 1.29 is 9.90 Å². The van der Waals surface area contributed by atoms with Crippen LogP contribution in [0, 0.1) is 0 Å². The second-order valence-corrected chi connectivity index (χ2v) is 9.59. The smallest absolute Gasteiger partial charge is 0.221 e. The molecule has 0 saturated heterocycles. The number of aryl methyl sites for hydroxylation is 1. The van der Waals surface area contributed by atoms with Crippen LogP contribution < -0.4 is 10.9 Å². The van der Waals surface area contributed by atoms with E-state index in [9.17, 15) is 9.90 Å². The number of hydrogen-bond donors (Lipinski definition) is 3. The Kier molecular flexibility index (Phi) is 7.25. The van der Waals surface area contributed by atoms with Crippen LogP contribution in [0.5, 0.6) is 0 Å². The zero-order valence-corrected chi connectivity index (χ0v) is 18.7. The summed E-state index contributed by atoms with van der Waals surface area (Å²) in [4.78, 5) is 19.4.